The second-order valence-corrected chi connectivity index (χ2v) is 4.20. The maximum Gasteiger partial charge on any atom is 0.347 e. The van der Waals surface area contributed by atoms with Crippen molar-refractivity contribution in [1.82, 2.24) is 0 Å². The van der Waals surface area contributed by atoms with E-state index in [1.807, 2.05) is 0 Å². The van der Waals surface area contributed by atoms with Gasteiger partial charge in [-0.1, -0.05) is 12.1 Å². The van der Waals surface area contributed by atoms with Gasteiger partial charge in [0.1, 0.15) is 5.56 Å². The second kappa shape index (κ2) is 6.80. The third-order valence-corrected chi connectivity index (χ3v) is 2.96. The Morgan fingerprint density at radius 1 is 0.864 bits per heavy atom. The molecule has 0 aliphatic heterocycles. The maximum absolute atomic E-state index is 13.6. The lowest BCUT2D eigenvalue weighted by Gasteiger charge is -2.15. The highest BCUT2D eigenvalue weighted by Crippen LogP contribution is 2.40. The minimum Gasteiger partial charge on any atom is -0.493 e. The molecule has 2 aromatic carbocycles. The quantitative estimate of drug-likeness (QED) is 0.627. The summed E-state index contributed by atoms with van der Waals surface area (Å²) >= 11 is 0. The van der Waals surface area contributed by atoms with Gasteiger partial charge in [0, 0.05) is 0 Å². The number of carbonyl (C=O) groups excluding carboxylic acids is 1. The summed E-state index contributed by atoms with van der Waals surface area (Å²) in [5.74, 6) is -0.736. The van der Waals surface area contributed by atoms with Crippen LogP contribution in [0.1, 0.15) is 10.4 Å². The molecule has 6 heteroatoms. The van der Waals surface area contributed by atoms with Crippen molar-refractivity contribution in [3.8, 4) is 23.0 Å². The molecular weight excluding hydrogens is 291 g/mol. The summed E-state index contributed by atoms with van der Waals surface area (Å²) in [6, 6.07) is 8.64. The first-order valence-corrected chi connectivity index (χ1v) is 6.38. The first-order valence-electron chi connectivity index (χ1n) is 6.38. The predicted octanol–water partition coefficient (Wildman–Crippen LogP) is 3.07. The van der Waals surface area contributed by atoms with Crippen LogP contribution in [-0.4, -0.2) is 27.3 Å². The van der Waals surface area contributed by atoms with E-state index >= 15 is 0 Å². The summed E-state index contributed by atoms with van der Waals surface area (Å²) in [6.45, 7) is 0. The van der Waals surface area contributed by atoms with E-state index in [0.717, 1.165) is 0 Å². The molecule has 0 radical (unpaired) electrons. The smallest absolute Gasteiger partial charge is 0.347 e. The highest BCUT2D eigenvalue weighted by atomic mass is 19.1. The van der Waals surface area contributed by atoms with E-state index in [4.69, 9.17) is 18.9 Å². The first-order chi connectivity index (χ1) is 10.6. The van der Waals surface area contributed by atoms with Gasteiger partial charge in [0.25, 0.3) is 0 Å². The van der Waals surface area contributed by atoms with Crippen LogP contribution >= 0.6 is 0 Å². The van der Waals surface area contributed by atoms with Crippen molar-refractivity contribution in [2.45, 2.75) is 0 Å². The van der Waals surface area contributed by atoms with Crippen LogP contribution in [0, 0.1) is 5.82 Å². The van der Waals surface area contributed by atoms with E-state index < -0.39 is 11.8 Å². The molecule has 2 aromatic rings. The van der Waals surface area contributed by atoms with Crippen molar-refractivity contribution in [2.75, 3.05) is 21.3 Å². The van der Waals surface area contributed by atoms with Crippen molar-refractivity contribution >= 4 is 5.97 Å². The number of hydrogen-bond donors (Lipinski definition) is 0. The fourth-order valence-corrected chi connectivity index (χ4v) is 1.94. The van der Waals surface area contributed by atoms with Gasteiger partial charge in [0.05, 0.1) is 21.3 Å². The third kappa shape index (κ3) is 2.95. The van der Waals surface area contributed by atoms with E-state index in [9.17, 15) is 9.18 Å². The van der Waals surface area contributed by atoms with Crippen molar-refractivity contribution in [3.63, 3.8) is 0 Å². The number of carbonyl (C=O) groups is 1. The zero-order chi connectivity index (χ0) is 16.1. The Balaban J connectivity index is 2.40. The molecule has 116 valence electrons. The van der Waals surface area contributed by atoms with E-state index in [2.05, 4.69) is 0 Å². The van der Waals surface area contributed by atoms with Gasteiger partial charge in [-0.3, -0.25) is 0 Å². The Morgan fingerprint density at radius 3 is 2.14 bits per heavy atom. The zero-order valence-electron chi connectivity index (χ0n) is 12.4. The number of benzene rings is 2. The number of rotatable bonds is 5. The van der Waals surface area contributed by atoms with Crippen LogP contribution in [0.5, 0.6) is 23.0 Å². The molecule has 0 amide bonds. The lowest BCUT2D eigenvalue weighted by molar-refractivity contribution is 0.0723. The van der Waals surface area contributed by atoms with Gasteiger partial charge in [0.15, 0.2) is 23.1 Å². The van der Waals surface area contributed by atoms with Crippen LogP contribution in [0.15, 0.2) is 36.4 Å². The predicted molar refractivity (Wildman–Crippen MR) is 77.5 cm³/mol. The zero-order valence-corrected chi connectivity index (χ0v) is 12.4. The average molecular weight is 306 g/mol. The highest BCUT2D eigenvalue weighted by molar-refractivity contribution is 5.95. The molecule has 0 aliphatic carbocycles. The van der Waals surface area contributed by atoms with Crippen LogP contribution in [0.3, 0.4) is 0 Å². The molecule has 5 nitrogen and oxygen atoms in total. The van der Waals surface area contributed by atoms with Gasteiger partial charge in [-0.05, 0) is 24.3 Å². The Hall–Kier alpha value is -2.76. The van der Waals surface area contributed by atoms with E-state index in [-0.39, 0.29) is 22.8 Å². The largest absolute Gasteiger partial charge is 0.493 e. The lowest BCUT2D eigenvalue weighted by Crippen LogP contribution is -2.12. The van der Waals surface area contributed by atoms with Gasteiger partial charge in [0.2, 0.25) is 5.75 Å². The molecule has 0 unspecified atom stereocenters. The summed E-state index contributed by atoms with van der Waals surface area (Å²) < 4.78 is 34.1. The molecule has 2 rings (SSSR count). The number of halogens is 1. The molecule has 0 spiro atoms. The number of para-hydroxylation sites is 1. The highest BCUT2D eigenvalue weighted by Gasteiger charge is 2.22. The number of esters is 1. The third-order valence-electron chi connectivity index (χ3n) is 2.96. The maximum atomic E-state index is 13.6. The van der Waals surface area contributed by atoms with Crippen molar-refractivity contribution in [1.29, 1.82) is 0 Å². The molecule has 0 heterocycles. The number of ether oxygens (including phenoxy) is 4. The Morgan fingerprint density at radius 2 is 1.55 bits per heavy atom. The first kappa shape index (κ1) is 15.6. The molecule has 22 heavy (non-hydrogen) atoms. The van der Waals surface area contributed by atoms with Crippen LogP contribution < -0.4 is 18.9 Å². The van der Waals surface area contributed by atoms with Gasteiger partial charge >= 0.3 is 5.97 Å². The average Bonchev–Trinajstić information content (AvgIpc) is 2.55. The fraction of sp³-hybridized carbons (Fsp3) is 0.188. The number of hydrogen-bond acceptors (Lipinski definition) is 5. The summed E-state index contributed by atoms with van der Waals surface area (Å²) in [5.41, 5.74) is 0.100. The Labute approximate surface area is 127 Å². The van der Waals surface area contributed by atoms with Crippen LogP contribution in [0.4, 0.5) is 4.39 Å². The van der Waals surface area contributed by atoms with Crippen LogP contribution in [0.2, 0.25) is 0 Å². The standard InChI is InChI=1S/C16H15FO5/c1-19-13-9-8-10(14(20-2)15(13)21-3)16(18)22-12-7-5-4-6-11(12)17/h4-9H,1-3H3. The molecule has 0 aromatic heterocycles. The normalized spacial score (nSPS) is 10.0. The minimum absolute atomic E-state index is 0.100. The van der Waals surface area contributed by atoms with Gasteiger partial charge in [-0.25, -0.2) is 9.18 Å². The molecular formula is C16H15FO5. The van der Waals surface area contributed by atoms with Crippen LogP contribution in [-0.2, 0) is 0 Å². The Kier molecular flexibility index (Phi) is 4.83. The topological polar surface area (TPSA) is 54.0 Å². The van der Waals surface area contributed by atoms with E-state index in [1.165, 1.54) is 45.6 Å². The molecule has 0 fully saturated rings. The number of methoxy groups -OCH3 is 3. The van der Waals surface area contributed by atoms with Gasteiger partial charge < -0.3 is 18.9 Å². The van der Waals surface area contributed by atoms with Crippen LogP contribution in [0.25, 0.3) is 0 Å². The summed E-state index contributed by atoms with van der Waals surface area (Å²) in [5, 5.41) is 0. The van der Waals surface area contributed by atoms with E-state index in [0.29, 0.717) is 5.75 Å². The lowest BCUT2D eigenvalue weighted by atomic mass is 10.1. The van der Waals surface area contributed by atoms with Gasteiger partial charge in [-0.15, -0.1) is 0 Å². The van der Waals surface area contributed by atoms with Crippen molar-refractivity contribution < 1.29 is 28.1 Å². The molecule has 0 saturated carbocycles. The molecule has 0 saturated heterocycles. The minimum atomic E-state index is -0.761. The van der Waals surface area contributed by atoms with Crippen molar-refractivity contribution in [2.24, 2.45) is 0 Å². The monoisotopic (exact) mass is 306 g/mol. The van der Waals surface area contributed by atoms with Gasteiger partial charge in [-0.2, -0.15) is 0 Å². The summed E-state index contributed by atoms with van der Waals surface area (Å²) in [4.78, 5) is 12.2. The molecule has 0 aliphatic rings. The molecule has 0 atom stereocenters. The molecule has 0 bridgehead atoms. The second-order valence-electron chi connectivity index (χ2n) is 4.20. The molecule has 0 N–H and O–H groups in total. The SMILES string of the molecule is COc1ccc(C(=O)Oc2ccccc2F)c(OC)c1OC. The van der Waals surface area contributed by atoms with E-state index in [1.54, 1.807) is 12.1 Å². The summed E-state index contributed by atoms with van der Waals surface area (Å²) in [6.07, 6.45) is 0. The Bertz CT molecular complexity index is 684. The van der Waals surface area contributed by atoms with Crippen molar-refractivity contribution in [3.05, 3.63) is 47.8 Å². The fourth-order valence-electron chi connectivity index (χ4n) is 1.94. The summed E-state index contributed by atoms with van der Waals surface area (Å²) in [7, 11) is 4.28.